The molecule has 0 N–H and O–H groups in total. The van der Waals surface area contributed by atoms with Gasteiger partial charge in [0.25, 0.3) is 0 Å². The van der Waals surface area contributed by atoms with Gasteiger partial charge in [-0.2, -0.15) is 5.10 Å². The Kier molecular flexibility index (Phi) is 6.02. The Morgan fingerprint density at radius 1 is 1.39 bits per heavy atom. The molecular weight excluding hydrogens is 226 g/mol. The van der Waals surface area contributed by atoms with E-state index >= 15 is 0 Å². The minimum Gasteiger partial charge on any atom is -0.299 e. The lowest BCUT2D eigenvalue weighted by Crippen LogP contribution is -2.19. The highest BCUT2D eigenvalue weighted by atomic mass is 16.1. The van der Waals surface area contributed by atoms with Crippen molar-refractivity contribution in [3.63, 3.8) is 0 Å². The van der Waals surface area contributed by atoms with Gasteiger partial charge in [-0.3, -0.25) is 4.79 Å². The van der Waals surface area contributed by atoms with Crippen molar-refractivity contribution in [2.45, 2.75) is 65.8 Å². The predicted molar refractivity (Wildman–Crippen MR) is 72.4 cm³/mol. The van der Waals surface area contributed by atoms with Crippen LogP contribution >= 0.6 is 0 Å². The van der Waals surface area contributed by atoms with E-state index in [4.69, 9.17) is 0 Å². The van der Waals surface area contributed by atoms with Crippen LogP contribution in [0.2, 0.25) is 0 Å². The summed E-state index contributed by atoms with van der Waals surface area (Å²) < 4.78 is 1.84. The van der Waals surface area contributed by atoms with E-state index in [1.807, 2.05) is 4.68 Å². The van der Waals surface area contributed by atoms with Crippen molar-refractivity contribution in [1.29, 1.82) is 0 Å². The molecule has 0 spiro atoms. The fourth-order valence-electron chi connectivity index (χ4n) is 2.18. The fraction of sp³-hybridized carbons (Fsp3) is 0.786. The quantitative estimate of drug-likeness (QED) is 0.713. The second-order valence-corrected chi connectivity index (χ2v) is 5.11. The molecule has 0 saturated carbocycles. The summed E-state index contributed by atoms with van der Waals surface area (Å²) in [5.74, 6) is 1.29. The first kappa shape index (κ1) is 14.9. The summed E-state index contributed by atoms with van der Waals surface area (Å²) in [7, 11) is 0. The van der Waals surface area contributed by atoms with Crippen molar-refractivity contribution in [3.05, 3.63) is 12.2 Å². The summed E-state index contributed by atoms with van der Waals surface area (Å²) in [6, 6.07) is 0.256. The number of nitrogens with zero attached hydrogens (tertiary/aromatic N) is 3. The second-order valence-electron chi connectivity index (χ2n) is 5.11. The molecule has 18 heavy (non-hydrogen) atoms. The summed E-state index contributed by atoms with van der Waals surface area (Å²) >= 11 is 0. The van der Waals surface area contributed by atoms with E-state index < -0.39 is 0 Å². The summed E-state index contributed by atoms with van der Waals surface area (Å²) in [5.41, 5.74) is 0. The topological polar surface area (TPSA) is 47.8 Å². The zero-order chi connectivity index (χ0) is 13.5. The third-order valence-electron chi connectivity index (χ3n) is 3.32. The fourth-order valence-corrected chi connectivity index (χ4v) is 2.18. The summed E-state index contributed by atoms with van der Waals surface area (Å²) in [6.45, 7) is 8.35. The molecule has 0 bridgehead atoms. The van der Waals surface area contributed by atoms with Crippen LogP contribution in [0.1, 0.15) is 65.2 Å². The van der Waals surface area contributed by atoms with Gasteiger partial charge < -0.3 is 0 Å². The van der Waals surface area contributed by atoms with Gasteiger partial charge in [-0.15, -0.1) is 0 Å². The van der Waals surface area contributed by atoms with Gasteiger partial charge >= 0.3 is 0 Å². The molecular formula is C14H25N3O. The lowest BCUT2D eigenvalue weighted by atomic mass is 9.93. The summed E-state index contributed by atoms with van der Waals surface area (Å²) in [5, 5.41) is 4.17. The van der Waals surface area contributed by atoms with E-state index in [0.29, 0.717) is 12.2 Å². The molecule has 1 aromatic rings. The van der Waals surface area contributed by atoms with Crippen LogP contribution in [0.15, 0.2) is 6.33 Å². The van der Waals surface area contributed by atoms with Crippen LogP contribution in [-0.4, -0.2) is 20.5 Å². The smallest absolute Gasteiger partial charge is 0.143 e. The summed E-state index contributed by atoms with van der Waals surface area (Å²) in [4.78, 5) is 16.4. The zero-order valence-corrected chi connectivity index (χ0v) is 12.0. The van der Waals surface area contributed by atoms with Gasteiger partial charge in [0.05, 0.1) is 6.42 Å². The third kappa shape index (κ3) is 3.93. The average Bonchev–Trinajstić information content (AvgIpc) is 2.78. The maximum atomic E-state index is 12.2. The van der Waals surface area contributed by atoms with Gasteiger partial charge in [-0.05, 0) is 26.7 Å². The molecule has 4 heteroatoms. The van der Waals surface area contributed by atoms with E-state index in [1.165, 1.54) is 6.33 Å². The van der Waals surface area contributed by atoms with Crippen LogP contribution in [0.25, 0.3) is 0 Å². The number of hydrogen-bond acceptors (Lipinski definition) is 3. The Bertz CT molecular complexity index is 371. The highest BCUT2D eigenvalue weighted by Gasteiger charge is 2.19. The zero-order valence-electron chi connectivity index (χ0n) is 12.0. The number of carbonyl (C=O) groups excluding carboxylic acids is 1. The van der Waals surface area contributed by atoms with Crippen molar-refractivity contribution < 1.29 is 4.79 Å². The number of ketones is 1. The lowest BCUT2D eigenvalue weighted by Gasteiger charge is -2.14. The number of hydrogen-bond donors (Lipinski definition) is 0. The SMILES string of the molecule is CCCCC(CC)C(=O)Cc1ncnn1C(C)C. The molecule has 0 aromatic carbocycles. The Hall–Kier alpha value is -1.19. The highest BCUT2D eigenvalue weighted by molar-refractivity contribution is 5.82. The number of carbonyl (C=O) groups is 1. The standard InChI is InChI=1S/C14H25N3O/c1-5-7-8-12(6-2)13(18)9-14-15-10-16-17(14)11(3)4/h10-12H,5-9H2,1-4H3. The van der Waals surface area contributed by atoms with Gasteiger partial charge in [0.2, 0.25) is 0 Å². The summed E-state index contributed by atoms with van der Waals surface area (Å²) in [6.07, 6.45) is 6.15. The monoisotopic (exact) mass is 251 g/mol. The Labute approximate surface area is 110 Å². The molecule has 0 amide bonds. The van der Waals surface area contributed by atoms with Crippen LogP contribution in [-0.2, 0) is 11.2 Å². The largest absolute Gasteiger partial charge is 0.299 e. The molecule has 0 aliphatic rings. The molecule has 0 aliphatic heterocycles. The number of aromatic nitrogens is 3. The maximum absolute atomic E-state index is 12.2. The molecule has 102 valence electrons. The van der Waals surface area contributed by atoms with E-state index in [9.17, 15) is 4.79 Å². The van der Waals surface area contributed by atoms with E-state index in [1.54, 1.807) is 0 Å². The molecule has 1 aromatic heterocycles. The number of rotatable bonds is 8. The molecule has 4 nitrogen and oxygen atoms in total. The second kappa shape index (κ2) is 7.29. The molecule has 0 fully saturated rings. The highest BCUT2D eigenvalue weighted by Crippen LogP contribution is 2.16. The van der Waals surface area contributed by atoms with Crippen molar-refractivity contribution in [2.24, 2.45) is 5.92 Å². The van der Waals surface area contributed by atoms with E-state index in [-0.39, 0.29) is 12.0 Å². The van der Waals surface area contributed by atoms with Crippen molar-refractivity contribution in [1.82, 2.24) is 14.8 Å². The van der Waals surface area contributed by atoms with Crippen molar-refractivity contribution in [2.75, 3.05) is 0 Å². The lowest BCUT2D eigenvalue weighted by molar-refractivity contribution is -0.122. The average molecular weight is 251 g/mol. The van der Waals surface area contributed by atoms with E-state index in [2.05, 4.69) is 37.8 Å². The van der Waals surface area contributed by atoms with Gasteiger partial charge in [0.15, 0.2) is 0 Å². The van der Waals surface area contributed by atoms with Crippen LogP contribution in [0, 0.1) is 5.92 Å². The molecule has 1 rings (SSSR count). The first-order valence-electron chi connectivity index (χ1n) is 7.01. The maximum Gasteiger partial charge on any atom is 0.143 e. The first-order chi connectivity index (χ1) is 8.60. The molecule has 1 heterocycles. The van der Waals surface area contributed by atoms with Crippen LogP contribution in [0.4, 0.5) is 0 Å². The normalized spacial score (nSPS) is 12.9. The third-order valence-corrected chi connectivity index (χ3v) is 3.32. The Morgan fingerprint density at radius 2 is 2.11 bits per heavy atom. The molecule has 0 radical (unpaired) electrons. The first-order valence-corrected chi connectivity index (χ1v) is 7.01. The molecule has 0 aliphatic carbocycles. The molecule has 0 saturated heterocycles. The number of unbranched alkanes of at least 4 members (excludes halogenated alkanes) is 1. The van der Waals surface area contributed by atoms with Gasteiger partial charge in [0.1, 0.15) is 17.9 Å². The van der Waals surface area contributed by atoms with Crippen LogP contribution in [0.5, 0.6) is 0 Å². The van der Waals surface area contributed by atoms with Gasteiger partial charge in [-0.1, -0.05) is 26.7 Å². The van der Waals surface area contributed by atoms with Crippen molar-refractivity contribution in [3.8, 4) is 0 Å². The van der Waals surface area contributed by atoms with Crippen molar-refractivity contribution >= 4 is 5.78 Å². The predicted octanol–water partition coefficient (Wildman–Crippen LogP) is 3.19. The molecule has 1 unspecified atom stereocenters. The van der Waals surface area contributed by atoms with E-state index in [0.717, 1.165) is 31.5 Å². The number of Topliss-reactive ketones (excluding diaryl/α,β-unsaturated/α-hetero) is 1. The van der Waals surface area contributed by atoms with Gasteiger partial charge in [-0.25, -0.2) is 9.67 Å². The van der Waals surface area contributed by atoms with Crippen LogP contribution < -0.4 is 0 Å². The Morgan fingerprint density at radius 3 is 2.67 bits per heavy atom. The minimum absolute atomic E-state index is 0.183. The Balaban J connectivity index is 2.64. The van der Waals surface area contributed by atoms with Crippen LogP contribution in [0.3, 0.4) is 0 Å². The van der Waals surface area contributed by atoms with Gasteiger partial charge in [0, 0.05) is 12.0 Å². The molecule has 1 atom stereocenters. The minimum atomic E-state index is 0.183.